The van der Waals surface area contributed by atoms with Crippen molar-refractivity contribution < 1.29 is 24.2 Å². The second kappa shape index (κ2) is 8.71. The second-order valence-corrected chi connectivity index (χ2v) is 6.71. The molecular formula is C15H29N3O5. The Morgan fingerprint density at radius 2 is 1.48 bits per heavy atom. The average molecular weight is 331 g/mol. The normalized spacial score (nSPS) is 15.3. The van der Waals surface area contributed by atoms with Gasteiger partial charge in [-0.1, -0.05) is 13.8 Å². The molecular weight excluding hydrogens is 302 g/mol. The summed E-state index contributed by atoms with van der Waals surface area (Å²) in [6.45, 7) is 10.0. The summed E-state index contributed by atoms with van der Waals surface area (Å²) in [5.74, 6) is -1.32. The first-order chi connectivity index (χ1) is 10.4. The summed E-state index contributed by atoms with van der Waals surface area (Å²) < 4.78 is 5.13. The van der Waals surface area contributed by atoms with Crippen LogP contribution in [0.5, 0.6) is 0 Å². The summed E-state index contributed by atoms with van der Waals surface area (Å²) in [6.07, 6.45) is -1.80. The van der Waals surface area contributed by atoms with Crippen molar-refractivity contribution in [3.63, 3.8) is 0 Å². The number of amides is 3. The van der Waals surface area contributed by atoms with E-state index in [1.165, 1.54) is 14.0 Å². The predicted molar refractivity (Wildman–Crippen MR) is 85.7 cm³/mol. The quantitative estimate of drug-likeness (QED) is 0.553. The highest BCUT2D eigenvalue weighted by molar-refractivity contribution is 5.91. The molecule has 3 unspecified atom stereocenters. The lowest BCUT2D eigenvalue weighted by Crippen LogP contribution is -2.58. The minimum atomic E-state index is -1.10. The van der Waals surface area contributed by atoms with E-state index in [4.69, 9.17) is 4.74 Å². The summed E-state index contributed by atoms with van der Waals surface area (Å²) >= 11 is 0. The summed E-state index contributed by atoms with van der Waals surface area (Å²) in [5.41, 5.74) is -0.688. The molecule has 3 amide bonds. The van der Waals surface area contributed by atoms with Crippen molar-refractivity contribution in [3.8, 4) is 0 Å². The maximum Gasteiger partial charge on any atom is 0.408 e. The molecule has 0 fully saturated rings. The maximum atomic E-state index is 12.3. The molecule has 0 spiro atoms. The molecule has 0 aromatic heterocycles. The lowest BCUT2D eigenvalue weighted by Gasteiger charge is -2.27. The Bertz CT molecular complexity index is 429. The molecule has 0 radical (unpaired) electrons. The van der Waals surface area contributed by atoms with Crippen LogP contribution in [0.2, 0.25) is 0 Å². The zero-order valence-electron chi connectivity index (χ0n) is 14.9. The lowest BCUT2D eigenvalue weighted by atomic mass is 10.0. The molecule has 134 valence electrons. The molecule has 8 heteroatoms. The lowest BCUT2D eigenvalue weighted by molar-refractivity contribution is -0.132. The maximum absolute atomic E-state index is 12.3. The van der Waals surface area contributed by atoms with Gasteiger partial charge in [-0.05, 0) is 33.6 Å². The van der Waals surface area contributed by atoms with Gasteiger partial charge in [-0.2, -0.15) is 0 Å². The van der Waals surface area contributed by atoms with Crippen LogP contribution in [-0.2, 0) is 14.3 Å². The highest BCUT2D eigenvalue weighted by Gasteiger charge is 2.31. The van der Waals surface area contributed by atoms with E-state index in [2.05, 4.69) is 16.0 Å². The molecule has 0 heterocycles. The largest absolute Gasteiger partial charge is 0.444 e. The number of hydrogen-bond donors (Lipinski definition) is 4. The zero-order chi connectivity index (χ0) is 18.4. The van der Waals surface area contributed by atoms with Crippen LogP contribution >= 0.6 is 0 Å². The number of nitrogens with one attached hydrogen (secondary N) is 3. The molecule has 23 heavy (non-hydrogen) atoms. The van der Waals surface area contributed by atoms with Gasteiger partial charge < -0.3 is 25.8 Å². The van der Waals surface area contributed by atoms with Crippen molar-refractivity contribution in [1.29, 1.82) is 0 Å². The number of carbonyl (C=O) groups is 3. The standard InChI is InChI=1S/C15H29N3O5/c1-8(2)10(18-14(22)23-15(4,5)6)13(21)17-11(9(3)19)12(20)16-7/h8-11,19H,1-7H3,(H,16,20)(H,17,21)(H,18,22). The molecule has 0 aromatic rings. The van der Waals surface area contributed by atoms with E-state index in [-0.39, 0.29) is 5.92 Å². The van der Waals surface area contributed by atoms with E-state index in [0.29, 0.717) is 0 Å². The van der Waals surface area contributed by atoms with Crippen molar-refractivity contribution in [2.24, 2.45) is 5.92 Å². The molecule has 0 aliphatic carbocycles. The van der Waals surface area contributed by atoms with E-state index in [0.717, 1.165) is 0 Å². The van der Waals surface area contributed by atoms with Gasteiger partial charge in [-0.3, -0.25) is 9.59 Å². The van der Waals surface area contributed by atoms with Gasteiger partial charge in [0.2, 0.25) is 11.8 Å². The number of alkyl carbamates (subject to hydrolysis) is 1. The molecule has 0 saturated carbocycles. The van der Waals surface area contributed by atoms with Gasteiger partial charge in [0.1, 0.15) is 17.7 Å². The average Bonchev–Trinajstić information content (AvgIpc) is 2.38. The summed E-state index contributed by atoms with van der Waals surface area (Å²) in [5, 5.41) is 16.9. The van der Waals surface area contributed by atoms with Crippen LogP contribution in [0.4, 0.5) is 4.79 Å². The van der Waals surface area contributed by atoms with Crippen LogP contribution in [0.15, 0.2) is 0 Å². The fraction of sp³-hybridized carbons (Fsp3) is 0.800. The molecule has 0 aliphatic rings. The van der Waals surface area contributed by atoms with Crippen molar-refractivity contribution in [1.82, 2.24) is 16.0 Å². The van der Waals surface area contributed by atoms with E-state index in [1.807, 2.05) is 0 Å². The Kier molecular flexibility index (Phi) is 8.02. The minimum Gasteiger partial charge on any atom is -0.444 e. The third kappa shape index (κ3) is 7.83. The van der Waals surface area contributed by atoms with Gasteiger partial charge in [-0.15, -0.1) is 0 Å². The third-order valence-electron chi connectivity index (χ3n) is 2.93. The molecule has 0 saturated heterocycles. The van der Waals surface area contributed by atoms with Crippen LogP contribution in [0, 0.1) is 5.92 Å². The number of rotatable bonds is 6. The molecule has 0 rings (SSSR count). The van der Waals surface area contributed by atoms with Gasteiger partial charge in [0, 0.05) is 7.05 Å². The van der Waals surface area contributed by atoms with Gasteiger partial charge in [0.05, 0.1) is 6.10 Å². The Morgan fingerprint density at radius 3 is 1.83 bits per heavy atom. The zero-order valence-corrected chi connectivity index (χ0v) is 14.9. The van der Waals surface area contributed by atoms with E-state index in [9.17, 15) is 19.5 Å². The molecule has 0 aromatic carbocycles. The van der Waals surface area contributed by atoms with Crippen LogP contribution < -0.4 is 16.0 Å². The Balaban J connectivity index is 4.99. The number of carbonyl (C=O) groups excluding carboxylic acids is 3. The van der Waals surface area contributed by atoms with Crippen molar-refractivity contribution in [2.75, 3.05) is 7.05 Å². The number of aliphatic hydroxyl groups is 1. The number of hydrogen-bond acceptors (Lipinski definition) is 5. The molecule has 3 atom stereocenters. The smallest absolute Gasteiger partial charge is 0.408 e. The molecule has 0 aliphatic heterocycles. The summed E-state index contributed by atoms with van der Waals surface area (Å²) in [7, 11) is 1.41. The number of likely N-dealkylation sites (N-methyl/N-ethyl adjacent to an activating group) is 1. The first-order valence-electron chi connectivity index (χ1n) is 7.58. The van der Waals surface area contributed by atoms with Crippen LogP contribution in [0.3, 0.4) is 0 Å². The third-order valence-corrected chi connectivity index (χ3v) is 2.93. The van der Waals surface area contributed by atoms with E-state index >= 15 is 0 Å². The van der Waals surface area contributed by atoms with Crippen LogP contribution in [0.25, 0.3) is 0 Å². The number of ether oxygens (including phenoxy) is 1. The highest BCUT2D eigenvalue weighted by atomic mass is 16.6. The molecule has 8 nitrogen and oxygen atoms in total. The Hall–Kier alpha value is -1.83. The Labute approximate surface area is 137 Å². The highest BCUT2D eigenvalue weighted by Crippen LogP contribution is 2.09. The molecule has 4 N–H and O–H groups in total. The van der Waals surface area contributed by atoms with Crippen LogP contribution in [0.1, 0.15) is 41.5 Å². The van der Waals surface area contributed by atoms with Crippen molar-refractivity contribution in [3.05, 3.63) is 0 Å². The minimum absolute atomic E-state index is 0.234. The van der Waals surface area contributed by atoms with E-state index < -0.39 is 41.7 Å². The summed E-state index contributed by atoms with van der Waals surface area (Å²) in [4.78, 5) is 35.9. The van der Waals surface area contributed by atoms with Gasteiger partial charge in [0.15, 0.2) is 0 Å². The monoisotopic (exact) mass is 331 g/mol. The SMILES string of the molecule is CNC(=O)C(NC(=O)C(NC(=O)OC(C)(C)C)C(C)C)C(C)O. The second-order valence-electron chi connectivity index (χ2n) is 6.71. The Morgan fingerprint density at radius 1 is 0.957 bits per heavy atom. The summed E-state index contributed by atoms with van der Waals surface area (Å²) in [6, 6.07) is -2.00. The van der Waals surface area contributed by atoms with Crippen molar-refractivity contribution >= 4 is 17.9 Å². The first kappa shape index (κ1) is 21.2. The topological polar surface area (TPSA) is 117 Å². The van der Waals surface area contributed by atoms with Gasteiger partial charge >= 0.3 is 6.09 Å². The van der Waals surface area contributed by atoms with E-state index in [1.54, 1.807) is 34.6 Å². The fourth-order valence-electron chi connectivity index (χ4n) is 1.77. The first-order valence-corrected chi connectivity index (χ1v) is 7.58. The fourth-order valence-corrected chi connectivity index (χ4v) is 1.77. The van der Waals surface area contributed by atoms with Crippen molar-refractivity contribution in [2.45, 2.75) is 65.3 Å². The predicted octanol–water partition coefficient (Wildman–Crippen LogP) is 0.147. The van der Waals surface area contributed by atoms with Gasteiger partial charge in [0.25, 0.3) is 0 Å². The van der Waals surface area contributed by atoms with Gasteiger partial charge in [-0.25, -0.2) is 4.79 Å². The number of aliphatic hydroxyl groups excluding tert-OH is 1. The molecule has 0 bridgehead atoms. The van der Waals surface area contributed by atoms with Crippen LogP contribution in [-0.4, -0.2) is 53.9 Å².